The van der Waals surface area contributed by atoms with Gasteiger partial charge in [-0.25, -0.2) is 0 Å². The highest BCUT2D eigenvalue weighted by Gasteiger charge is 2.40. The van der Waals surface area contributed by atoms with Crippen LogP contribution in [-0.2, 0) is 9.47 Å². The van der Waals surface area contributed by atoms with Gasteiger partial charge in [0.1, 0.15) is 24.4 Å². The van der Waals surface area contributed by atoms with Crippen LogP contribution in [0.2, 0.25) is 0 Å². The van der Waals surface area contributed by atoms with E-state index in [0.717, 1.165) is 12.8 Å². The van der Waals surface area contributed by atoms with Gasteiger partial charge in [-0.05, 0) is 32.1 Å². The molecule has 1 rings (SSSR count). The topological polar surface area (TPSA) is 79.2 Å². The lowest BCUT2D eigenvalue weighted by Crippen LogP contribution is -2.42. The Morgan fingerprint density at radius 1 is 1.04 bits per heavy atom. The number of rotatable bonds is 15. The molecule has 148 valence electrons. The van der Waals surface area contributed by atoms with Crippen LogP contribution in [0.15, 0.2) is 12.2 Å². The Kier molecular flexibility index (Phi) is 13.3. The third-order valence-corrected chi connectivity index (χ3v) is 4.70. The fourth-order valence-corrected chi connectivity index (χ4v) is 3.12. The minimum Gasteiger partial charge on any atom is -0.394 e. The Hall–Kier alpha value is -0.460. The molecule has 1 fully saturated rings. The zero-order valence-corrected chi connectivity index (χ0v) is 15.8. The summed E-state index contributed by atoms with van der Waals surface area (Å²) < 4.78 is 11.0. The molecule has 3 N–H and O–H groups in total. The van der Waals surface area contributed by atoms with Crippen molar-refractivity contribution in [2.24, 2.45) is 0 Å². The largest absolute Gasteiger partial charge is 0.394 e. The van der Waals surface area contributed by atoms with Crippen LogP contribution in [0, 0.1) is 0 Å². The van der Waals surface area contributed by atoms with Crippen molar-refractivity contribution in [3.05, 3.63) is 12.2 Å². The molecular formula is C20H38O5. The average molecular weight is 359 g/mol. The quantitative estimate of drug-likeness (QED) is 0.310. The number of unbranched alkanes of at least 4 members (excludes halogenated alkanes) is 8. The maximum absolute atomic E-state index is 9.85. The third-order valence-electron chi connectivity index (χ3n) is 4.70. The molecule has 0 saturated carbocycles. The van der Waals surface area contributed by atoms with E-state index in [4.69, 9.17) is 14.6 Å². The van der Waals surface area contributed by atoms with E-state index >= 15 is 0 Å². The highest BCUT2D eigenvalue weighted by atomic mass is 16.6. The van der Waals surface area contributed by atoms with E-state index < -0.39 is 24.4 Å². The summed E-state index contributed by atoms with van der Waals surface area (Å²) in [7, 11) is 0. The SMILES string of the molecule is CCCCC/C=C/CCCCCCCO[C@H]1[C@@H]([C@@H](O)CO)OC[C@H]1O. The maximum atomic E-state index is 9.85. The maximum Gasteiger partial charge on any atom is 0.114 e. The van der Waals surface area contributed by atoms with Crippen LogP contribution in [0.3, 0.4) is 0 Å². The van der Waals surface area contributed by atoms with Crippen molar-refractivity contribution in [1.29, 1.82) is 0 Å². The molecule has 1 heterocycles. The van der Waals surface area contributed by atoms with E-state index in [-0.39, 0.29) is 13.2 Å². The molecule has 0 spiro atoms. The lowest BCUT2D eigenvalue weighted by molar-refractivity contribution is -0.0938. The second-order valence-electron chi connectivity index (χ2n) is 6.97. The lowest BCUT2D eigenvalue weighted by atomic mass is 10.1. The first kappa shape index (κ1) is 22.6. The minimum atomic E-state index is -1.00. The zero-order valence-electron chi connectivity index (χ0n) is 15.8. The molecule has 0 aromatic heterocycles. The van der Waals surface area contributed by atoms with Crippen LogP contribution >= 0.6 is 0 Å². The van der Waals surface area contributed by atoms with E-state index in [1.165, 1.54) is 51.4 Å². The van der Waals surface area contributed by atoms with Gasteiger partial charge in [0.2, 0.25) is 0 Å². The number of ether oxygens (including phenoxy) is 2. The summed E-state index contributed by atoms with van der Waals surface area (Å²) in [6, 6.07) is 0. The summed E-state index contributed by atoms with van der Waals surface area (Å²) in [4.78, 5) is 0. The van der Waals surface area contributed by atoms with Gasteiger partial charge in [0.05, 0.1) is 13.2 Å². The van der Waals surface area contributed by atoms with Crippen LogP contribution in [0.4, 0.5) is 0 Å². The Morgan fingerprint density at radius 2 is 1.68 bits per heavy atom. The van der Waals surface area contributed by atoms with Gasteiger partial charge in [-0.3, -0.25) is 0 Å². The summed E-state index contributed by atoms with van der Waals surface area (Å²) in [6.45, 7) is 2.55. The molecule has 1 saturated heterocycles. The van der Waals surface area contributed by atoms with Gasteiger partial charge in [-0.1, -0.05) is 51.2 Å². The first-order valence-corrected chi connectivity index (χ1v) is 10.1. The van der Waals surface area contributed by atoms with E-state index in [1.54, 1.807) is 0 Å². The second-order valence-corrected chi connectivity index (χ2v) is 6.97. The number of aliphatic hydroxyl groups is 3. The van der Waals surface area contributed by atoms with Crippen molar-refractivity contribution in [1.82, 2.24) is 0 Å². The molecule has 0 aromatic carbocycles. The lowest BCUT2D eigenvalue weighted by Gasteiger charge is -2.23. The van der Waals surface area contributed by atoms with Gasteiger partial charge in [0.15, 0.2) is 0 Å². The molecule has 1 aliphatic heterocycles. The normalized spacial score (nSPS) is 25.0. The van der Waals surface area contributed by atoms with E-state index in [1.807, 2.05) is 0 Å². The zero-order chi connectivity index (χ0) is 18.3. The predicted octanol–water partition coefficient (Wildman–Crippen LogP) is 2.96. The fraction of sp³-hybridized carbons (Fsp3) is 0.900. The number of aliphatic hydroxyl groups excluding tert-OH is 3. The summed E-state index contributed by atoms with van der Waals surface area (Å²) >= 11 is 0. The smallest absolute Gasteiger partial charge is 0.114 e. The van der Waals surface area contributed by atoms with Crippen molar-refractivity contribution in [3.8, 4) is 0 Å². The van der Waals surface area contributed by atoms with Crippen LogP contribution in [0.5, 0.6) is 0 Å². The van der Waals surface area contributed by atoms with Crippen molar-refractivity contribution in [2.75, 3.05) is 19.8 Å². The first-order valence-electron chi connectivity index (χ1n) is 10.1. The van der Waals surface area contributed by atoms with Gasteiger partial charge < -0.3 is 24.8 Å². The minimum absolute atomic E-state index is 0.151. The first-order chi connectivity index (χ1) is 12.2. The Labute approximate surface area is 153 Å². The molecule has 0 unspecified atom stereocenters. The Morgan fingerprint density at radius 3 is 2.36 bits per heavy atom. The van der Waals surface area contributed by atoms with Crippen molar-refractivity contribution < 1.29 is 24.8 Å². The van der Waals surface area contributed by atoms with Gasteiger partial charge in [0.25, 0.3) is 0 Å². The number of hydrogen-bond donors (Lipinski definition) is 3. The van der Waals surface area contributed by atoms with Gasteiger partial charge >= 0.3 is 0 Å². The molecule has 4 atom stereocenters. The third kappa shape index (κ3) is 9.71. The van der Waals surface area contributed by atoms with E-state index in [2.05, 4.69) is 19.1 Å². The van der Waals surface area contributed by atoms with Crippen molar-refractivity contribution >= 4 is 0 Å². The molecule has 0 aromatic rings. The fourth-order valence-electron chi connectivity index (χ4n) is 3.12. The molecule has 0 aliphatic carbocycles. The molecule has 5 heteroatoms. The summed E-state index contributed by atoms with van der Waals surface area (Å²) in [5.74, 6) is 0. The van der Waals surface area contributed by atoms with Crippen molar-refractivity contribution in [2.45, 2.75) is 95.5 Å². The van der Waals surface area contributed by atoms with E-state index in [0.29, 0.717) is 6.61 Å². The van der Waals surface area contributed by atoms with Gasteiger partial charge in [-0.2, -0.15) is 0 Å². The molecule has 25 heavy (non-hydrogen) atoms. The summed E-state index contributed by atoms with van der Waals surface area (Å²) in [5, 5.41) is 28.5. The molecule has 0 amide bonds. The van der Waals surface area contributed by atoms with Crippen LogP contribution < -0.4 is 0 Å². The molecule has 0 bridgehead atoms. The standard InChI is InChI=1S/C20H38O5/c1-2-3-4-5-6-7-8-9-10-11-12-13-14-24-20-18(23)16-25-19(20)17(22)15-21/h6-7,17-23H,2-5,8-16H2,1H3/b7-6+/t17-,18+,19+,20+/m0/s1. The average Bonchev–Trinajstić information content (AvgIpc) is 2.99. The Bertz CT molecular complexity index is 334. The number of allylic oxidation sites excluding steroid dienone is 2. The van der Waals surface area contributed by atoms with E-state index in [9.17, 15) is 10.2 Å². The molecular weight excluding hydrogens is 320 g/mol. The molecule has 1 aliphatic rings. The highest BCUT2D eigenvalue weighted by molar-refractivity contribution is 4.89. The highest BCUT2D eigenvalue weighted by Crippen LogP contribution is 2.21. The summed E-state index contributed by atoms with van der Waals surface area (Å²) in [5.41, 5.74) is 0. The van der Waals surface area contributed by atoms with Crippen molar-refractivity contribution in [3.63, 3.8) is 0 Å². The summed E-state index contributed by atoms with van der Waals surface area (Å²) in [6.07, 6.45) is 13.8. The van der Waals surface area contributed by atoms with Gasteiger partial charge in [0, 0.05) is 6.61 Å². The monoisotopic (exact) mass is 358 g/mol. The van der Waals surface area contributed by atoms with Crippen LogP contribution in [-0.4, -0.2) is 59.6 Å². The number of hydrogen-bond acceptors (Lipinski definition) is 5. The Balaban J connectivity index is 1.96. The molecule has 5 nitrogen and oxygen atoms in total. The van der Waals surface area contributed by atoms with Crippen LogP contribution in [0.25, 0.3) is 0 Å². The van der Waals surface area contributed by atoms with Gasteiger partial charge in [-0.15, -0.1) is 0 Å². The van der Waals surface area contributed by atoms with Crippen LogP contribution in [0.1, 0.15) is 71.1 Å². The molecule has 0 radical (unpaired) electrons. The second kappa shape index (κ2) is 14.7. The predicted molar refractivity (Wildman–Crippen MR) is 99.6 cm³/mol.